The summed E-state index contributed by atoms with van der Waals surface area (Å²) in [6, 6.07) is 0. The summed E-state index contributed by atoms with van der Waals surface area (Å²) >= 11 is 0. The van der Waals surface area contributed by atoms with Crippen LogP contribution in [0.15, 0.2) is 0 Å². The largest absolute Gasteiger partial charge is 3.00 e. The molecule has 28 nitrogen and oxygen atoms in total. The first-order valence-electron chi connectivity index (χ1n) is 3.83. The number of nitrogens with zero attached hydrogens (tertiary/aromatic N) is 7. The second kappa shape index (κ2) is 56.2. The molecule has 0 saturated carbocycles. The van der Waals surface area contributed by atoms with Crippen LogP contribution >= 0.6 is 0 Å². The zero-order valence-electron chi connectivity index (χ0n) is 13.3. The molecular weight excluding hydrogens is 590 g/mol. The van der Waals surface area contributed by atoms with E-state index in [1.165, 1.54) is 0 Å². The maximum absolute atomic E-state index is 8.25. The minimum Gasteiger partial charge on any atom is -0.356 e. The van der Waals surface area contributed by atoms with E-state index >= 15 is 0 Å². The van der Waals surface area contributed by atoms with Crippen LogP contribution in [0, 0.1) is 107 Å². The average molecular weight is 590 g/mol. The van der Waals surface area contributed by atoms with Gasteiger partial charge in [0.05, 0.1) is 35.6 Å². The molecule has 0 aromatic heterocycles. The van der Waals surface area contributed by atoms with Crippen LogP contribution < -0.4 is 0 Å². The van der Waals surface area contributed by atoms with E-state index in [4.69, 9.17) is 107 Å². The third-order valence-corrected chi connectivity index (χ3v) is 0. The van der Waals surface area contributed by atoms with E-state index in [-0.39, 0.29) is 53.9 Å². The minimum atomic E-state index is -1.75. The van der Waals surface area contributed by atoms with Gasteiger partial charge < -0.3 is 107 Å². The topological polar surface area (TPSA) is 463 Å². The molecule has 0 N–H and O–H groups in total. The summed E-state index contributed by atoms with van der Waals surface area (Å²) in [5, 5.41) is 103. The van der Waals surface area contributed by atoms with Gasteiger partial charge in [-0.2, -0.15) is 0 Å². The van der Waals surface area contributed by atoms with Gasteiger partial charge in [-0.3, -0.25) is 0 Å². The van der Waals surface area contributed by atoms with Crippen LogP contribution in [0.3, 0.4) is 0 Å². The van der Waals surface area contributed by atoms with E-state index < -0.39 is 35.6 Å². The van der Waals surface area contributed by atoms with Gasteiger partial charge in [0.1, 0.15) is 0 Å². The molecule has 177 valence electrons. The average Bonchev–Trinajstić information content (AvgIpc) is 2.20. The molecule has 0 aliphatic rings. The van der Waals surface area contributed by atoms with Crippen LogP contribution in [0.25, 0.3) is 0 Å². The Balaban J connectivity index is -0.0000000204. The molecule has 31 heteroatoms. The van der Waals surface area contributed by atoms with Crippen molar-refractivity contribution in [2.45, 2.75) is 0 Å². The number of rotatable bonds is 0. The van der Waals surface area contributed by atoms with E-state index in [0.29, 0.717) is 0 Å². The Hall–Kier alpha value is -3.92. The monoisotopic (exact) mass is 588 g/mol. The van der Waals surface area contributed by atoms with Crippen LogP contribution in [0.5, 0.6) is 0 Å². The molecule has 0 aliphatic heterocycles. The predicted octanol–water partition coefficient (Wildman–Crippen LogP) is -2.06. The van der Waals surface area contributed by atoms with Gasteiger partial charge in [0, 0.05) is 0 Å². The summed E-state index contributed by atoms with van der Waals surface area (Å²) in [5.74, 6) is 0. The van der Waals surface area contributed by atoms with Gasteiger partial charge in [-0.05, 0) is 0 Å². The normalized spacial score (nSPS) is 5.42. The van der Waals surface area contributed by atoms with Crippen molar-refractivity contribution in [3.05, 3.63) is 107 Å². The quantitative estimate of drug-likeness (QED) is 0.166. The van der Waals surface area contributed by atoms with Crippen molar-refractivity contribution in [2.24, 2.45) is 0 Å². The van der Waals surface area contributed by atoms with Crippen molar-refractivity contribution >= 4 is 17.4 Å². The first kappa shape index (κ1) is 63.1. The molecule has 31 heavy (non-hydrogen) atoms. The van der Waals surface area contributed by atoms with Gasteiger partial charge in [0.25, 0.3) is 0 Å². The first-order chi connectivity index (χ1) is 12.1. The SMILES string of the molecule is O=[N+]([O-])[O-].O=[N+]([O-])[O-].O=[N+]([O-])[O-].O=[N+]([O-])[O-].O=[N+]([O-])[O-].O=[N+]([O-])[O-].O=[N+]([O-])[O-].[Al+3].[Cu+2].[Zn+2]. The second-order valence-electron chi connectivity index (χ2n) is 1.57. The van der Waals surface area contributed by atoms with E-state index in [1.54, 1.807) is 0 Å². The molecule has 0 aromatic rings. The van der Waals surface area contributed by atoms with Gasteiger partial charge in [-0.25, -0.2) is 0 Å². The molecule has 0 atom stereocenters. The zero-order chi connectivity index (χ0) is 25.0. The van der Waals surface area contributed by atoms with Crippen molar-refractivity contribution in [2.75, 3.05) is 0 Å². The predicted molar refractivity (Wildman–Crippen MR) is 78.3 cm³/mol. The number of hydrogen-bond acceptors (Lipinski definition) is 21. The summed E-state index contributed by atoms with van der Waals surface area (Å²) in [5.41, 5.74) is 0. The van der Waals surface area contributed by atoms with Gasteiger partial charge in [-0.15, -0.1) is 0 Å². The fourth-order valence-corrected chi connectivity index (χ4v) is 0. The van der Waals surface area contributed by atoms with Crippen LogP contribution in [0.2, 0.25) is 0 Å². The van der Waals surface area contributed by atoms with E-state index in [9.17, 15) is 0 Å². The smallest absolute Gasteiger partial charge is 0.356 e. The third kappa shape index (κ3) is 981. The van der Waals surface area contributed by atoms with E-state index in [2.05, 4.69) is 0 Å². The molecule has 0 aromatic carbocycles. The Morgan fingerprint density at radius 2 is 0.290 bits per heavy atom. The fraction of sp³-hybridized carbons (Fsp3) is 0. The molecule has 0 amide bonds. The first-order valence-corrected chi connectivity index (χ1v) is 3.83. The molecule has 0 bridgehead atoms. The van der Waals surface area contributed by atoms with Crippen molar-refractivity contribution in [1.82, 2.24) is 0 Å². The van der Waals surface area contributed by atoms with Crippen molar-refractivity contribution in [1.29, 1.82) is 0 Å². The number of hydrogen-bond donors (Lipinski definition) is 0. The standard InChI is InChI=1S/Al.Cu.7NO3.Zn/c;;7*2-1(3)4;/q+3;+2;7*-1;+2. The minimum absolute atomic E-state index is 0. The molecule has 0 aliphatic carbocycles. The molecule has 0 fully saturated rings. The molecule has 0 spiro atoms. The third-order valence-electron chi connectivity index (χ3n) is 0. The summed E-state index contributed by atoms with van der Waals surface area (Å²) in [7, 11) is 0. The molecule has 0 heterocycles. The van der Waals surface area contributed by atoms with Gasteiger partial charge in [0.2, 0.25) is 0 Å². The zero-order valence-corrected chi connectivity index (χ0v) is 18.4. The van der Waals surface area contributed by atoms with Crippen LogP contribution in [-0.4, -0.2) is 53.0 Å². The van der Waals surface area contributed by atoms with Gasteiger partial charge in [-0.1, -0.05) is 0 Å². The van der Waals surface area contributed by atoms with Gasteiger partial charge in [0.15, 0.2) is 0 Å². The van der Waals surface area contributed by atoms with E-state index in [1.807, 2.05) is 0 Å². The Morgan fingerprint density at radius 3 is 0.290 bits per heavy atom. The Morgan fingerprint density at radius 1 is 0.290 bits per heavy atom. The Bertz CT molecular complexity index is 321. The molecule has 0 rings (SSSR count). The van der Waals surface area contributed by atoms with Crippen LogP contribution in [0.1, 0.15) is 0 Å². The molecule has 0 saturated heterocycles. The van der Waals surface area contributed by atoms with Gasteiger partial charge >= 0.3 is 53.9 Å². The molecule has 1 radical (unpaired) electrons. The van der Waals surface area contributed by atoms with E-state index in [0.717, 1.165) is 0 Å². The summed E-state index contributed by atoms with van der Waals surface area (Å²) in [6.07, 6.45) is 0. The van der Waals surface area contributed by atoms with Crippen molar-refractivity contribution in [3.63, 3.8) is 0 Å². The summed E-state index contributed by atoms with van der Waals surface area (Å²) < 4.78 is 0. The maximum atomic E-state index is 8.25. The van der Waals surface area contributed by atoms with Crippen LogP contribution in [0.4, 0.5) is 0 Å². The van der Waals surface area contributed by atoms with Crippen molar-refractivity contribution < 1.29 is 72.2 Å². The second-order valence-corrected chi connectivity index (χ2v) is 1.57. The Labute approximate surface area is 197 Å². The molecular formula is AlCuN7O21Zn. The summed E-state index contributed by atoms with van der Waals surface area (Å²) in [6.45, 7) is 0. The summed E-state index contributed by atoms with van der Waals surface area (Å²) in [4.78, 5) is 57.8. The molecule has 0 unspecified atom stereocenters. The fourth-order valence-electron chi connectivity index (χ4n) is 0. The maximum Gasteiger partial charge on any atom is 3.00 e. The van der Waals surface area contributed by atoms with Crippen LogP contribution in [-0.2, 0) is 36.5 Å². The van der Waals surface area contributed by atoms with Crippen molar-refractivity contribution in [3.8, 4) is 0 Å². The Kier molecular flexibility index (Phi) is 115.